The number of methoxy groups -OCH3 is 2. The number of carbonyl (C=O) groups excluding carboxylic acids is 2. The molecule has 2 saturated heterocycles. The topological polar surface area (TPSA) is 62.3 Å². The van der Waals surface area contributed by atoms with Gasteiger partial charge in [-0.15, -0.1) is 0 Å². The number of benzene rings is 1. The van der Waals surface area contributed by atoms with Gasteiger partial charge in [0.15, 0.2) is 0 Å². The fourth-order valence-electron chi connectivity index (χ4n) is 4.17. The van der Waals surface area contributed by atoms with E-state index < -0.39 is 5.54 Å². The number of likely N-dealkylation sites (N-methyl/N-ethyl adjacent to an activating group) is 2. The number of ether oxygens (including phenoxy) is 2. The number of likely N-dealkylation sites (tertiary alicyclic amines) is 1. The van der Waals surface area contributed by atoms with E-state index in [9.17, 15) is 9.59 Å². The molecule has 7 nitrogen and oxygen atoms in total. The van der Waals surface area contributed by atoms with Gasteiger partial charge in [0.05, 0.1) is 19.8 Å². The Hall–Kier alpha value is -2.28. The van der Waals surface area contributed by atoms with E-state index in [1.165, 1.54) is 0 Å². The minimum atomic E-state index is -0.477. The molecule has 27 heavy (non-hydrogen) atoms. The number of rotatable bonds is 4. The highest BCUT2D eigenvalue weighted by Crippen LogP contribution is 2.34. The van der Waals surface area contributed by atoms with E-state index in [0.29, 0.717) is 43.0 Å². The van der Waals surface area contributed by atoms with Crippen LogP contribution in [0.5, 0.6) is 11.5 Å². The standard InChI is InChI=1S/C20H29N3O4/c1-5-22-13-12-21(2)20(19(22)25)8-10-23(11-9-20)18(24)16-7-6-15(26-3)14-17(16)27-4/h6-7,14H,5,8-13H2,1-4H3. The lowest BCUT2D eigenvalue weighted by molar-refractivity contribution is -0.153. The highest BCUT2D eigenvalue weighted by molar-refractivity contribution is 5.97. The van der Waals surface area contributed by atoms with E-state index >= 15 is 0 Å². The van der Waals surface area contributed by atoms with Crippen LogP contribution in [0.4, 0.5) is 0 Å². The van der Waals surface area contributed by atoms with Gasteiger partial charge in [0.25, 0.3) is 5.91 Å². The van der Waals surface area contributed by atoms with Crippen LogP contribution in [0.3, 0.4) is 0 Å². The summed E-state index contributed by atoms with van der Waals surface area (Å²) in [7, 11) is 5.15. The Morgan fingerprint density at radius 1 is 1.11 bits per heavy atom. The van der Waals surface area contributed by atoms with Crippen LogP contribution < -0.4 is 9.47 Å². The van der Waals surface area contributed by atoms with Crippen molar-refractivity contribution in [3.8, 4) is 11.5 Å². The van der Waals surface area contributed by atoms with E-state index in [1.54, 1.807) is 32.4 Å². The summed E-state index contributed by atoms with van der Waals surface area (Å²) < 4.78 is 10.6. The van der Waals surface area contributed by atoms with Gasteiger partial charge in [-0.25, -0.2) is 0 Å². The number of carbonyl (C=O) groups is 2. The summed E-state index contributed by atoms with van der Waals surface area (Å²) in [5.41, 5.74) is 0.0439. The van der Waals surface area contributed by atoms with Crippen LogP contribution >= 0.6 is 0 Å². The molecule has 2 aliphatic heterocycles. The summed E-state index contributed by atoms with van der Waals surface area (Å²) in [4.78, 5) is 32.0. The van der Waals surface area contributed by atoms with Crippen molar-refractivity contribution in [2.45, 2.75) is 25.3 Å². The van der Waals surface area contributed by atoms with Crippen LogP contribution in [0.1, 0.15) is 30.1 Å². The largest absolute Gasteiger partial charge is 0.497 e. The molecule has 2 heterocycles. The first kappa shape index (κ1) is 19.5. The lowest BCUT2D eigenvalue weighted by atomic mass is 9.82. The summed E-state index contributed by atoms with van der Waals surface area (Å²) in [6.45, 7) is 5.52. The third kappa shape index (κ3) is 3.36. The Balaban J connectivity index is 1.75. The van der Waals surface area contributed by atoms with Crippen LogP contribution in [0.15, 0.2) is 18.2 Å². The molecule has 2 amide bonds. The Morgan fingerprint density at radius 2 is 1.81 bits per heavy atom. The van der Waals surface area contributed by atoms with Gasteiger partial charge in [-0.3, -0.25) is 14.5 Å². The predicted molar refractivity (Wildman–Crippen MR) is 102 cm³/mol. The van der Waals surface area contributed by atoms with Gasteiger partial charge in [-0.05, 0) is 38.9 Å². The number of hydrogen-bond acceptors (Lipinski definition) is 5. The fourth-order valence-corrected chi connectivity index (χ4v) is 4.17. The molecule has 0 N–H and O–H groups in total. The highest BCUT2D eigenvalue weighted by Gasteiger charge is 2.49. The smallest absolute Gasteiger partial charge is 0.257 e. The molecule has 3 rings (SSSR count). The molecule has 1 spiro atoms. The Kier molecular flexibility index (Phi) is 5.60. The molecule has 1 aromatic carbocycles. The first-order valence-electron chi connectivity index (χ1n) is 9.48. The minimum Gasteiger partial charge on any atom is -0.497 e. The molecule has 0 radical (unpaired) electrons. The number of nitrogens with zero attached hydrogens (tertiary/aromatic N) is 3. The van der Waals surface area contributed by atoms with E-state index in [-0.39, 0.29) is 11.8 Å². The summed E-state index contributed by atoms with van der Waals surface area (Å²) in [6.07, 6.45) is 1.31. The Labute approximate surface area is 160 Å². The first-order valence-corrected chi connectivity index (χ1v) is 9.48. The number of piperazine rings is 1. The Bertz CT molecular complexity index is 713. The lowest BCUT2D eigenvalue weighted by Crippen LogP contribution is -2.67. The maximum Gasteiger partial charge on any atom is 0.257 e. The first-order chi connectivity index (χ1) is 13.0. The van der Waals surface area contributed by atoms with Gasteiger partial charge in [0.2, 0.25) is 5.91 Å². The van der Waals surface area contributed by atoms with E-state index in [1.807, 2.05) is 23.8 Å². The average Bonchev–Trinajstić information content (AvgIpc) is 2.72. The molecule has 2 fully saturated rings. The van der Waals surface area contributed by atoms with Crippen molar-refractivity contribution < 1.29 is 19.1 Å². The maximum absolute atomic E-state index is 13.0. The Morgan fingerprint density at radius 3 is 2.41 bits per heavy atom. The molecule has 0 atom stereocenters. The summed E-state index contributed by atoms with van der Waals surface area (Å²) >= 11 is 0. The normalized spacial score (nSPS) is 20.1. The molecule has 0 aromatic heterocycles. The van der Waals surface area contributed by atoms with E-state index in [4.69, 9.17) is 9.47 Å². The summed E-state index contributed by atoms with van der Waals surface area (Å²) in [5, 5.41) is 0. The number of amides is 2. The van der Waals surface area contributed by atoms with E-state index in [2.05, 4.69) is 4.90 Å². The molecule has 0 unspecified atom stereocenters. The van der Waals surface area contributed by atoms with Crippen LogP contribution in [0, 0.1) is 0 Å². The van der Waals surface area contributed by atoms with E-state index in [0.717, 1.165) is 19.6 Å². The predicted octanol–water partition coefficient (Wildman–Crippen LogP) is 1.47. The SMILES string of the molecule is CCN1CCN(C)C2(CCN(C(=O)c3ccc(OC)cc3OC)CC2)C1=O. The second-order valence-electron chi connectivity index (χ2n) is 7.20. The third-order valence-electron chi connectivity index (χ3n) is 6.02. The molecule has 1 aromatic rings. The number of piperidine rings is 1. The van der Waals surface area contributed by atoms with Crippen molar-refractivity contribution in [2.75, 3.05) is 54.0 Å². The molecule has 0 aliphatic carbocycles. The average molecular weight is 375 g/mol. The van der Waals surface area contributed by atoms with Gasteiger partial charge in [-0.1, -0.05) is 0 Å². The number of hydrogen-bond donors (Lipinski definition) is 0. The van der Waals surface area contributed by atoms with Gasteiger partial charge in [0.1, 0.15) is 17.0 Å². The van der Waals surface area contributed by atoms with Gasteiger partial charge >= 0.3 is 0 Å². The van der Waals surface area contributed by atoms with Crippen molar-refractivity contribution in [1.82, 2.24) is 14.7 Å². The van der Waals surface area contributed by atoms with Crippen LogP contribution in [-0.4, -0.2) is 86.0 Å². The summed E-state index contributed by atoms with van der Waals surface area (Å²) in [6, 6.07) is 5.22. The molecule has 0 bridgehead atoms. The highest BCUT2D eigenvalue weighted by atomic mass is 16.5. The zero-order valence-corrected chi connectivity index (χ0v) is 16.7. The molecule has 2 aliphatic rings. The van der Waals surface area contributed by atoms with Gasteiger partial charge < -0.3 is 19.3 Å². The molecule has 148 valence electrons. The second kappa shape index (κ2) is 7.76. The molecular weight excluding hydrogens is 346 g/mol. The van der Waals surface area contributed by atoms with Gasteiger partial charge in [0, 0.05) is 38.8 Å². The maximum atomic E-state index is 13.0. The zero-order chi connectivity index (χ0) is 19.6. The lowest BCUT2D eigenvalue weighted by Gasteiger charge is -2.51. The molecule has 0 saturated carbocycles. The zero-order valence-electron chi connectivity index (χ0n) is 16.7. The summed E-state index contributed by atoms with van der Waals surface area (Å²) in [5.74, 6) is 1.29. The third-order valence-corrected chi connectivity index (χ3v) is 6.02. The van der Waals surface area contributed by atoms with Crippen molar-refractivity contribution in [3.05, 3.63) is 23.8 Å². The second-order valence-corrected chi connectivity index (χ2v) is 7.20. The van der Waals surface area contributed by atoms with Gasteiger partial charge in [-0.2, -0.15) is 0 Å². The monoisotopic (exact) mass is 375 g/mol. The van der Waals surface area contributed by atoms with Crippen molar-refractivity contribution in [1.29, 1.82) is 0 Å². The van der Waals surface area contributed by atoms with Crippen molar-refractivity contribution in [2.24, 2.45) is 0 Å². The van der Waals surface area contributed by atoms with Crippen molar-refractivity contribution in [3.63, 3.8) is 0 Å². The van der Waals surface area contributed by atoms with Crippen LogP contribution in [0.25, 0.3) is 0 Å². The molecular formula is C20H29N3O4. The minimum absolute atomic E-state index is 0.0670. The quantitative estimate of drug-likeness (QED) is 0.798. The van der Waals surface area contributed by atoms with Crippen LogP contribution in [0.2, 0.25) is 0 Å². The van der Waals surface area contributed by atoms with Crippen LogP contribution in [-0.2, 0) is 4.79 Å². The molecule has 7 heteroatoms. The van der Waals surface area contributed by atoms with Crippen molar-refractivity contribution >= 4 is 11.8 Å². The fraction of sp³-hybridized carbons (Fsp3) is 0.600.